The summed E-state index contributed by atoms with van der Waals surface area (Å²) in [4.78, 5) is 4.50. The van der Waals surface area contributed by atoms with Gasteiger partial charge in [0.05, 0.1) is 17.3 Å². The Morgan fingerprint density at radius 3 is 2.76 bits per heavy atom. The lowest BCUT2D eigenvalue weighted by atomic mass is 9.81. The van der Waals surface area contributed by atoms with Crippen molar-refractivity contribution in [1.29, 1.82) is 0 Å². The van der Waals surface area contributed by atoms with E-state index in [1.165, 1.54) is 0 Å². The van der Waals surface area contributed by atoms with Gasteiger partial charge in [-0.2, -0.15) is 5.10 Å². The van der Waals surface area contributed by atoms with Gasteiger partial charge in [0.25, 0.3) is 0 Å². The molecule has 17 heavy (non-hydrogen) atoms. The molecule has 4 nitrogen and oxygen atoms in total. The molecule has 5 heteroatoms. The summed E-state index contributed by atoms with van der Waals surface area (Å²) in [6, 6.07) is 5.87. The molecule has 0 spiro atoms. The monoisotopic (exact) mass is 294 g/mol. The van der Waals surface area contributed by atoms with E-state index in [9.17, 15) is 0 Å². The summed E-state index contributed by atoms with van der Waals surface area (Å²) in [6.45, 7) is 2.57. The third kappa shape index (κ3) is 2.25. The van der Waals surface area contributed by atoms with Gasteiger partial charge < -0.3 is 5.73 Å². The van der Waals surface area contributed by atoms with Crippen LogP contribution in [0, 0.1) is 0 Å². The Bertz CT molecular complexity index is 523. The van der Waals surface area contributed by atoms with Crippen molar-refractivity contribution in [3.63, 3.8) is 0 Å². The quantitative estimate of drug-likeness (QED) is 0.879. The van der Waals surface area contributed by atoms with Gasteiger partial charge in [-0.1, -0.05) is 6.07 Å². The third-order valence-corrected chi connectivity index (χ3v) is 3.47. The SMILES string of the molecule is Cn1cc(C(C)(CN)c2cccc(Br)n2)cn1. The Morgan fingerprint density at radius 1 is 1.47 bits per heavy atom. The molecule has 0 aliphatic carbocycles. The molecule has 2 aromatic heterocycles. The molecule has 0 saturated carbocycles. The molecule has 1 unspecified atom stereocenters. The van der Waals surface area contributed by atoms with Crippen molar-refractivity contribution in [1.82, 2.24) is 14.8 Å². The summed E-state index contributed by atoms with van der Waals surface area (Å²) >= 11 is 3.39. The second-order valence-electron chi connectivity index (χ2n) is 4.28. The van der Waals surface area contributed by atoms with Crippen molar-refractivity contribution in [2.24, 2.45) is 12.8 Å². The van der Waals surface area contributed by atoms with E-state index in [1.807, 2.05) is 37.6 Å². The number of pyridine rings is 1. The van der Waals surface area contributed by atoms with Crippen LogP contribution in [0.4, 0.5) is 0 Å². The van der Waals surface area contributed by atoms with Crippen molar-refractivity contribution in [3.05, 3.63) is 46.5 Å². The zero-order valence-electron chi connectivity index (χ0n) is 9.89. The molecule has 0 amide bonds. The standard InChI is InChI=1S/C12H15BrN4/c1-12(8-14,9-6-15-17(2)7-9)10-4-3-5-11(13)16-10/h3-7H,8,14H2,1-2H3. The topological polar surface area (TPSA) is 56.7 Å². The molecule has 2 N–H and O–H groups in total. The average molecular weight is 295 g/mol. The lowest BCUT2D eigenvalue weighted by Crippen LogP contribution is -2.33. The van der Waals surface area contributed by atoms with Gasteiger partial charge >= 0.3 is 0 Å². The second kappa shape index (κ2) is 4.58. The number of nitrogens with zero attached hydrogens (tertiary/aromatic N) is 3. The van der Waals surface area contributed by atoms with Gasteiger partial charge in [0.15, 0.2) is 0 Å². The summed E-state index contributed by atoms with van der Waals surface area (Å²) in [5, 5.41) is 4.20. The Balaban J connectivity index is 2.51. The minimum Gasteiger partial charge on any atom is -0.329 e. The molecule has 0 saturated heterocycles. The molecule has 2 aromatic rings. The number of hydrogen-bond acceptors (Lipinski definition) is 3. The van der Waals surface area contributed by atoms with E-state index < -0.39 is 0 Å². The highest BCUT2D eigenvalue weighted by Gasteiger charge is 2.30. The molecule has 0 aromatic carbocycles. The van der Waals surface area contributed by atoms with Crippen molar-refractivity contribution < 1.29 is 0 Å². The van der Waals surface area contributed by atoms with Crippen molar-refractivity contribution >= 4 is 15.9 Å². The number of aryl methyl sites for hydroxylation is 1. The highest BCUT2D eigenvalue weighted by molar-refractivity contribution is 9.10. The van der Waals surface area contributed by atoms with Crippen LogP contribution in [0.1, 0.15) is 18.2 Å². The van der Waals surface area contributed by atoms with Crippen molar-refractivity contribution in [2.75, 3.05) is 6.54 Å². The highest BCUT2D eigenvalue weighted by atomic mass is 79.9. The molecule has 2 rings (SSSR count). The molecular weight excluding hydrogens is 280 g/mol. The first-order chi connectivity index (χ1) is 8.06. The fourth-order valence-corrected chi connectivity index (χ4v) is 2.14. The van der Waals surface area contributed by atoms with Crippen molar-refractivity contribution in [3.8, 4) is 0 Å². The van der Waals surface area contributed by atoms with E-state index >= 15 is 0 Å². The molecule has 0 bridgehead atoms. The minimum absolute atomic E-state index is 0.308. The Morgan fingerprint density at radius 2 is 2.24 bits per heavy atom. The smallest absolute Gasteiger partial charge is 0.106 e. The predicted octanol–water partition coefficient (Wildman–Crippen LogP) is 1.84. The van der Waals surface area contributed by atoms with E-state index in [2.05, 4.69) is 32.9 Å². The molecule has 90 valence electrons. The average Bonchev–Trinajstić information content (AvgIpc) is 2.75. The van der Waals surface area contributed by atoms with E-state index in [0.29, 0.717) is 6.54 Å². The molecule has 1 atom stereocenters. The number of halogens is 1. The van der Waals surface area contributed by atoms with Gasteiger partial charge in [-0.25, -0.2) is 4.98 Å². The normalized spacial score (nSPS) is 14.6. The largest absolute Gasteiger partial charge is 0.329 e. The van der Waals surface area contributed by atoms with Crippen LogP contribution < -0.4 is 5.73 Å². The van der Waals surface area contributed by atoms with Gasteiger partial charge in [0, 0.05) is 25.4 Å². The number of rotatable bonds is 3. The fourth-order valence-electron chi connectivity index (χ4n) is 1.79. The van der Waals surface area contributed by atoms with Gasteiger partial charge in [-0.15, -0.1) is 0 Å². The van der Waals surface area contributed by atoms with Crippen LogP contribution in [-0.2, 0) is 12.5 Å². The summed E-state index contributed by atoms with van der Waals surface area (Å²) in [7, 11) is 1.90. The molecule has 0 aliphatic heterocycles. The third-order valence-electron chi connectivity index (χ3n) is 3.03. The zero-order chi connectivity index (χ0) is 12.5. The number of hydrogen-bond donors (Lipinski definition) is 1. The van der Waals surface area contributed by atoms with Gasteiger partial charge in [-0.05, 0) is 35.0 Å². The van der Waals surface area contributed by atoms with Crippen LogP contribution in [-0.4, -0.2) is 21.3 Å². The summed E-state index contributed by atoms with van der Waals surface area (Å²) in [6.07, 6.45) is 3.82. The molecule has 0 radical (unpaired) electrons. The maximum Gasteiger partial charge on any atom is 0.106 e. The van der Waals surface area contributed by atoms with Crippen LogP contribution in [0.15, 0.2) is 35.2 Å². The van der Waals surface area contributed by atoms with Gasteiger partial charge in [-0.3, -0.25) is 4.68 Å². The van der Waals surface area contributed by atoms with E-state index in [4.69, 9.17) is 5.73 Å². The summed E-state index contributed by atoms with van der Waals surface area (Å²) < 4.78 is 2.60. The first-order valence-corrected chi connectivity index (χ1v) is 6.18. The lowest BCUT2D eigenvalue weighted by molar-refractivity contribution is 0.563. The Kier molecular flexibility index (Phi) is 3.31. The first kappa shape index (κ1) is 12.3. The first-order valence-electron chi connectivity index (χ1n) is 5.38. The highest BCUT2D eigenvalue weighted by Crippen LogP contribution is 2.29. The van der Waals surface area contributed by atoms with Crippen LogP contribution in [0.25, 0.3) is 0 Å². The lowest BCUT2D eigenvalue weighted by Gasteiger charge is -2.26. The second-order valence-corrected chi connectivity index (χ2v) is 5.10. The van der Waals surface area contributed by atoms with Crippen LogP contribution in [0.3, 0.4) is 0 Å². The Labute approximate surface area is 109 Å². The number of aromatic nitrogens is 3. The molecule has 2 heterocycles. The number of nitrogens with two attached hydrogens (primary N) is 1. The van der Waals surface area contributed by atoms with Gasteiger partial charge in [0.1, 0.15) is 4.60 Å². The molecular formula is C12H15BrN4. The van der Waals surface area contributed by atoms with Crippen LogP contribution in [0.2, 0.25) is 0 Å². The maximum atomic E-state index is 5.94. The van der Waals surface area contributed by atoms with Crippen LogP contribution >= 0.6 is 15.9 Å². The maximum absolute atomic E-state index is 5.94. The summed E-state index contributed by atoms with van der Waals surface area (Å²) in [5.41, 5.74) is 7.65. The van der Waals surface area contributed by atoms with E-state index in [1.54, 1.807) is 4.68 Å². The minimum atomic E-state index is -0.308. The zero-order valence-corrected chi connectivity index (χ0v) is 11.5. The molecule has 0 aliphatic rings. The Hall–Kier alpha value is -1.20. The van der Waals surface area contributed by atoms with Gasteiger partial charge in [0.2, 0.25) is 0 Å². The predicted molar refractivity (Wildman–Crippen MR) is 70.7 cm³/mol. The molecule has 0 fully saturated rings. The van der Waals surface area contributed by atoms with Crippen molar-refractivity contribution in [2.45, 2.75) is 12.3 Å². The fraction of sp³-hybridized carbons (Fsp3) is 0.333. The summed E-state index contributed by atoms with van der Waals surface area (Å²) in [5.74, 6) is 0. The van der Waals surface area contributed by atoms with E-state index in [-0.39, 0.29) is 5.41 Å². The van der Waals surface area contributed by atoms with Crippen LogP contribution in [0.5, 0.6) is 0 Å². The van der Waals surface area contributed by atoms with E-state index in [0.717, 1.165) is 15.9 Å².